The normalized spacial score (nSPS) is 22.6. The predicted molar refractivity (Wildman–Crippen MR) is 81.4 cm³/mol. The molecule has 5 heteroatoms. The van der Waals surface area contributed by atoms with Crippen molar-refractivity contribution in [3.05, 3.63) is 24.3 Å². The maximum Gasteiger partial charge on any atom is 0.311 e. The van der Waals surface area contributed by atoms with E-state index in [0.29, 0.717) is 6.54 Å². The monoisotopic (exact) mass is 290 g/mol. The molecule has 1 aliphatic rings. The summed E-state index contributed by atoms with van der Waals surface area (Å²) < 4.78 is 4.45. The molecule has 106 valence electrons. The van der Waals surface area contributed by atoms with E-state index in [9.17, 15) is 9.90 Å². The number of hydrogen-bond acceptors (Lipinski definition) is 4. The summed E-state index contributed by atoms with van der Waals surface area (Å²) in [6.07, 6.45) is 2.38. The second-order valence-electron chi connectivity index (χ2n) is 5.51. The summed E-state index contributed by atoms with van der Waals surface area (Å²) in [6, 6.07) is 8.05. The minimum atomic E-state index is -0.657. The fourth-order valence-corrected chi connectivity index (χ4v) is 4.00. The van der Waals surface area contributed by atoms with E-state index in [2.05, 4.69) is 22.3 Å². The SMILES string of the molecule is CCCC1(C(=O)O)CCN(c2snc3ccccc23)C1. The van der Waals surface area contributed by atoms with Crippen molar-refractivity contribution in [1.29, 1.82) is 0 Å². The first kappa shape index (κ1) is 13.4. The van der Waals surface area contributed by atoms with E-state index in [4.69, 9.17) is 0 Å². The molecule has 0 radical (unpaired) electrons. The van der Waals surface area contributed by atoms with Gasteiger partial charge in [0.1, 0.15) is 5.00 Å². The summed E-state index contributed by atoms with van der Waals surface area (Å²) in [4.78, 5) is 13.9. The average molecular weight is 290 g/mol. The quantitative estimate of drug-likeness (QED) is 0.938. The molecular weight excluding hydrogens is 272 g/mol. The van der Waals surface area contributed by atoms with Gasteiger partial charge in [0, 0.05) is 18.5 Å². The van der Waals surface area contributed by atoms with E-state index in [-0.39, 0.29) is 0 Å². The minimum Gasteiger partial charge on any atom is -0.481 e. The summed E-state index contributed by atoms with van der Waals surface area (Å²) in [5, 5.41) is 11.8. The van der Waals surface area contributed by atoms with Gasteiger partial charge in [0.15, 0.2) is 0 Å². The maximum absolute atomic E-state index is 11.7. The molecule has 0 aliphatic carbocycles. The van der Waals surface area contributed by atoms with Crippen LogP contribution in [0.5, 0.6) is 0 Å². The number of aromatic nitrogens is 1. The van der Waals surface area contributed by atoms with Crippen LogP contribution < -0.4 is 4.90 Å². The second-order valence-corrected chi connectivity index (χ2v) is 6.26. The Balaban J connectivity index is 1.92. The third-order valence-corrected chi connectivity index (χ3v) is 5.13. The van der Waals surface area contributed by atoms with Crippen LogP contribution >= 0.6 is 11.5 Å². The standard InChI is InChI=1S/C15H18N2O2S/c1-2-7-15(14(18)19)8-9-17(10-15)13-11-5-3-4-6-12(11)16-20-13/h3-6H,2,7-10H2,1H3,(H,18,19). The fraction of sp³-hybridized carbons (Fsp3) is 0.467. The molecule has 1 unspecified atom stereocenters. The lowest BCUT2D eigenvalue weighted by molar-refractivity contribution is -0.148. The number of fused-ring (bicyclic) bond motifs is 1. The Morgan fingerprint density at radius 2 is 2.30 bits per heavy atom. The zero-order chi connectivity index (χ0) is 14.2. The molecule has 3 rings (SSSR count). The molecule has 1 saturated heterocycles. The first-order chi connectivity index (χ1) is 9.66. The van der Waals surface area contributed by atoms with Gasteiger partial charge in [-0.3, -0.25) is 4.79 Å². The minimum absolute atomic E-state index is 0.583. The van der Waals surface area contributed by atoms with E-state index in [1.807, 2.05) is 18.2 Å². The van der Waals surface area contributed by atoms with Crippen molar-refractivity contribution in [2.24, 2.45) is 5.41 Å². The van der Waals surface area contributed by atoms with E-state index >= 15 is 0 Å². The van der Waals surface area contributed by atoms with E-state index in [0.717, 1.165) is 41.7 Å². The molecule has 1 atom stereocenters. The summed E-state index contributed by atoms with van der Waals surface area (Å²) in [6.45, 7) is 3.45. The van der Waals surface area contributed by atoms with Gasteiger partial charge in [0.25, 0.3) is 0 Å². The number of benzene rings is 1. The van der Waals surface area contributed by atoms with E-state index in [1.165, 1.54) is 11.5 Å². The van der Waals surface area contributed by atoms with Crippen molar-refractivity contribution in [2.75, 3.05) is 18.0 Å². The third-order valence-electron chi connectivity index (χ3n) is 4.19. The average Bonchev–Trinajstić information content (AvgIpc) is 3.03. The Hall–Kier alpha value is -1.62. The summed E-state index contributed by atoms with van der Waals surface area (Å²) >= 11 is 1.47. The number of carboxylic acid groups (broad SMARTS) is 1. The fourth-order valence-electron chi connectivity index (χ4n) is 3.11. The molecule has 0 bridgehead atoms. The Labute approximate surface area is 122 Å². The lowest BCUT2D eigenvalue weighted by atomic mass is 9.83. The van der Waals surface area contributed by atoms with Crippen molar-refractivity contribution in [3.8, 4) is 0 Å². The molecule has 2 heterocycles. The Morgan fingerprint density at radius 3 is 3.05 bits per heavy atom. The van der Waals surface area contributed by atoms with E-state index < -0.39 is 11.4 Å². The van der Waals surface area contributed by atoms with Crippen LogP contribution in [-0.2, 0) is 4.79 Å². The number of anilines is 1. The van der Waals surface area contributed by atoms with Gasteiger partial charge >= 0.3 is 5.97 Å². The number of aliphatic carboxylic acids is 1. The lowest BCUT2D eigenvalue weighted by Crippen LogP contribution is -2.34. The summed E-state index contributed by atoms with van der Waals surface area (Å²) in [5.74, 6) is -0.657. The molecule has 1 aromatic carbocycles. The smallest absolute Gasteiger partial charge is 0.311 e. The molecule has 20 heavy (non-hydrogen) atoms. The van der Waals surface area contributed by atoms with Gasteiger partial charge in [-0.15, -0.1) is 0 Å². The second kappa shape index (κ2) is 5.05. The number of nitrogens with zero attached hydrogens (tertiary/aromatic N) is 2. The summed E-state index contributed by atoms with van der Waals surface area (Å²) in [7, 11) is 0. The van der Waals surface area contributed by atoms with Gasteiger partial charge in [-0.1, -0.05) is 25.5 Å². The topological polar surface area (TPSA) is 53.4 Å². The molecule has 0 spiro atoms. The highest BCUT2D eigenvalue weighted by Crippen LogP contribution is 2.41. The first-order valence-corrected chi connectivity index (χ1v) is 7.76. The van der Waals surface area contributed by atoms with Gasteiger partial charge in [-0.05, 0) is 36.5 Å². The molecule has 1 fully saturated rings. The highest BCUT2D eigenvalue weighted by molar-refractivity contribution is 7.11. The van der Waals surface area contributed by atoms with Gasteiger partial charge in [-0.2, -0.15) is 4.37 Å². The van der Waals surface area contributed by atoms with Crippen molar-refractivity contribution < 1.29 is 9.90 Å². The van der Waals surface area contributed by atoms with Gasteiger partial charge < -0.3 is 10.0 Å². The Morgan fingerprint density at radius 1 is 1.50 bits per heavy atom. The molecule has 1 aromatic heterocycles. The molecule has 0 saturated carbocycles. The van der Waals surface area contributed by atoms with Crippen molar-refractivity contribution in [2.45, 2.75) is 26.2 Å². The van der Waals surface area contributed by atoms with Gasteiger partial charge in [0.2, 0.25) is 0 Å². The van der Waals surface area contributed by atoms with Crippen LogP contribution in [0.3, 0.4) is 0 Å². The third kappa shape index (κ3) is 2.06. The summed E-state index contributed by atoms with van der Waals surface area (Å²) in [5.41, 5.74) is 0.413. The maximum atomic E-state index is 11.7. The van der Waals surface area contributed by atoms with Crippen LogP contribution in [0.15, 0.2) is 24.3 Å². The molecule has 1 aliphatic heterocycles. The van der Waals surface area contributed by atoms with E-state index in [1.54, 1.807) is 0 Å². The van der Waals surface area contributed by atoms with Crippen LogP contribution in [0.4, 0.5) is 5.00 Å². The first-order valence-electron chi connectivity index (χ1n) is 6.99. The zero-order valence-electron chi connectivity index (χ0n) is 11.5. The largest absolute Gasteiger partial charge is 0.481 e. The number of carboxylic acids is 1. The molecular formula is C15H18N2O2S. The van der Waals surface area contributed by atoms with Crippen molar-refractivity contribution >= 4 is 33.4 Å². The zero-order valence-corrected chi connectivity index (χ0v) is 12.3. The highest BCUT2D eigenvalue weighted by Gasteiger charge is 2.44. The van der Waals surface area contributed by atoms with Crippen molar-refractivity contribution in [3.63, 3.8) is 0 Å². The lowest BCUT2D eigenvalue weighted by Gasteiger charge is -2.24. The molecule has 0 amide bonds. The molecule has 2 aromatic rings. The van der Waals surface area contributed by atoms with Crippen LogP contribution in [-0.4, -0.2) is 28.5 Å². The van der Waals surface area contributed by atoms with Crippen LogP contribution in [0, 0.1) is 5.41 Å². The van der Waals surface area contributed by atoms with Crippen molar-refractivity contribution in [1.82, 2.24) is 4.37 Å². The number of hydrogen-bond donors (Lipinski definition) is 1. The Kier molecular flexibility index (Phi) is 3.38. The predicted octanol–water partition coefficient (Wildman–Crippen LogP) is 3.38. The van der Waals surface area contributed by atoms with Gasteiger partial charge in [-0.25, -0.2) is 0 Å². The Bertz CT molecular complexity index is 640. The van der Waals surface area contributed by atoms with Gasteiger partial charge in [0.05, 0.1) is 10.9 Å². The highest BCUT2D eigenvalue weighted by atomic mass is 32.1. The number of rotatable bonds is 4. The van der Waals surface area contributed by atoms with Crippen LogP contribution in [0.25, 0.3) is 10.9 Å². The molecule has 1 N–H and O–H groups in total. The van der Waals surface area contributed by atoms with Crippen LogP contribution in [0.2, 0.25) is 0 Å². The number of carbonyl (C=O) groups is 1. The molecule has 4 nitrogen and oxygen atoms in total. The van der Waals surface area contributed by atoms with Crippen LogP contribution in [0.1, 0.15) is 26.2 Å².